The molecule has 0 aliphatic carbocycles. The molecule has 0 aromatic carbocycles. The third-order valence-corrected chi connectivity index (χ3v) is 2.40. The molecule has 112 valence electrons. The molecule has 1 N–H and O–H groups in total. The van der Waals surface area contributed by atoms with Gasteiger partial charge in [-0.25, -0.2) is 9.48 Å². The predicted molar refractivity (Wildman–Crippen MR) is 75.5 cm³/mol. The van der Waals surface area contributed by atoms with Crippen LogP contribution in [0.4, 0.5) is 4.79 Å². The Morgan fingerprint density at radius 1 is 1.38 bits per heavy atom. The number of hydrogen-bond donors (Lipinski definition) is 1. The van der Waals surface area contributed by atoms with Gasteiger partial charge in [0.25, 0.3) is 5.88 Å². The van der Waals surface area contributed by atoms with Crippen LogP contribution in [0.3, 0.4) is 0 Å². The Balaban J connectivity index is 2.24. The lowest BCUT2D eigenvalue weighted by Gasteiger charge is -2.19. The minimum atomic E-state index is -0.726. The van der Waals surface area contributed by atoms with E-state index in [1.165, 1.54) is 16.9 Å². The first-order valence-electron chi connectivity index (χ1n) is 6.33. The minimum Gasteiger partial charge on any atom is -0.385 e. The number of hydrogen-bond acceptors (Lipinski definition) is 5. The van der Waals surface area contributed by atoms with Gasteiger partial charge in [0.15, 0.2) is 0 Å². The van der Waals surface area contributed by atoms with Crippen LogP contribution in [0.25, 0.3) is 5.69 Å². The fourth-order valence-corrected chi connectivity index (χ4v) is 1.55. The Morgan fingerprint density at radius 3 is 2.67 bits per heavy atom. The van der Waals surface area contributed by atoms with E-state index in [0.29, 0.717) is 5.69 Å². The van der Waals surface area contributed by atoms with Crippen LogP contribution >= 0.6 is 0 Å². The van der Waals surface area contributed by atoms with Gasteiger partial charge in [0.1, 0.15) is 5.69 Å². The summed E-state index contributed by atoms with van der Waals surface area (Å²) in [4.78, 5) is 23.4. The molecule has 0 atom stereocenters. The molecule has 0 saturated heterocycles. The van der Waals surface area contributed by atoms with Crippen LogP contribution in [0, 0.1) is 0 Å². The highest BCUT2D eigenvalue weighted by Gasteiger charge is 2.17. The highest BCUT2D eigenvalue weighted by atomic mass is 16.6. The monoisotopic (exact) mass is 291 g/mol. The zero-order valence-electron chi connectivity index (χ0n) is 12.3. The lowest BCUT2D eigenvalue weighted by molar-refractivity contribution is 0.187. The molecule has 2 heterocycles. The summed E-state index contributed by atoms with van der Waals surface area (Å²) in [6, 6.07) is 1.28. The van der Waals surface area contributed by atoms with E-state index in [9.17, 15) is 9.59 Å². The van der Waals surface area contributed by atoms with Gasteiger partial charge in [0.2, 0.25) is 5.43 Å². The summed E-state index contributed by atoms with van der Waals surface area (Å²) in [6.45, 7) is 5.42. The van der Waals surface area contributed by atoms with Gasteiger partial charge in [0, 0.05) is 24.8 Å². The molecule has 0 aliphatic rings. The van der Waals surface area contributed by atoms with Crippen LogP contribution in [0.2, 0.25) is 0 Å². The second-order valence-electron chi connectivity index (χ2n) is 5.57. The Kier molecular flexibility index (Phi) is 3.79. The normalized spacial score (nSPS) is 11.2. The van der Waals surface area contributed by atoms with Crippen LogP contribution in [0.15, 0.2) is 29.5 Å². The molecule has 2 aromatic heterocycles. The van der Waals surface area contributed by atoms with E-state index >= 15 is 0 Å². The molecule has 8 heteroatoms. The van der Waals surface area contributed by atoms with E-state index in [4.69, 9.17) is 4.74 Å². The van der Waals surface area contributed by atoms with Gasteiger partial charge in [-0.05, 0) is 20.8 Å². The Hall–Kier alpha value is -2.64. The van der Waals surface area contributed by atoms with E-state index < -0.39 is 17.1 Å². The molecule has 0 saturated carbocycles. The van der Waals surface area contributed by atoms with E-state index in [1.54, 1.807) is 44.9 Å². The number of aryl methyl sites for hydroxylation is 1. The molecule has 0 radical (unpaired) electrons. The topological polar surface area (TPSA) is 91.0 Å². The number of aromatic nitrogens is 4. The van der Waals surface area contributed by atoms with Gasteiger partial charge in [0.05, 0.1) is 12.4 Å². The van der Waals surface area contributed by atoms with Crippen LogP contribution in [-0.4, -0.2) is 31.2 Å². The van der Waals surface area contributed by atoms with Crippen molar-refractivity contribution in [2.45, 2.75) is 26.3 Å². The largest absolute Gasteiger partial charge is 0.414 e. The zero-order chi connectivity index (χ0) is 15.6. The summed E-state index contributed by atoms with van der Waals surface area (Å²) in [5.74, 6) is -0.289. The first-order valence-corrected chi connectivity index (χ1v) is 6.33. The number of nitrogens with zero attached hydrogens (tertiary/aromatic N) is 4. The van der Waals surface area contributed by atoms with Crippen molar-refractivity contribution in [3.63, 3.8) is 0 Å². The van der Waals surface area contributed by atoms with Gasteiger partial charge >= 0.3 is 6.09 Å². The standard InChI is InChI=1S/C13H17N5O3/c1-13(2,3)15-12(20)21-11-10(19)5-6-18(16-11)9-7-14-17(4)8-9/h5-8H,1-4H3,(H,15,20). The third kappa shape index (κ3) is 3.91. The van der Waals surface area contributed by atoms with Crippen LogP contribution in [0.1, 0.15) is 20.8 Å². The summed E-state index contributed by atoms with van der Waals surface area (Å²) in [5.41, 5.74) is -0.286. The van der Waals surface area contributed by atoms with Gasteiger partial charge in [-0.3, -0.25) is 9.48 Å². The minimum absolute atomic E-state index is 0.289. The number of nitrogens with one attached hydrogen (secondary N) is 1. The highest BCUT2D eigenvalue weighted by molar-refractivity contribution is 5.70. The lowest BCUT2D eigenvalue weighted by atomic mass is 10.1. The smallest absolute Gasteiger partial charge is 0.385 e. The maximum atomic E-state index is 11.7. The summed E-state index contributed by atoms with van der Waals surface area (Å²) in [7, 11) is 1.76. The van der Waals surface area contributed by atoms with Gasteiger partial charge in [-0.15, -0.1) is 5.10 Å². The first-order chi connectivity index (χ1) is 9.74. The molecule has 2 rings (SSSR count). The molecule has 0 bridgehead atoms. The number of rotatable bonds is 2. The van der Waals surface area contributed by atoms with Crippen molar-refractivity contribution in [3.8, 4) is 11.6 Å². The quantitative estimate of drug-likeness (QED) is 0.886. The number of ether oxygens (including phenoxy) is 1. The Morgan fingerprint density at radius 2 is 2.10 bits per heavy atom. The van der Waals surface area contributed by atoms with Crippen LogP contribution in [-0.2, 0) is 7.05 Å². The Labute approximate surface area is 121 Å². The summed E-state index contributed by atoms with van der Waals surface area (Å²) in [6.07, 6.45) is 4.05. The van der Waals surface area contributed by atoms with Crippen molar-refractivity contribution >= 4 is 6.09 Å². The second kappa shape index (κ2) is 5.39. The van der Waals surface area contributed by atoms with Gasteiger partial charge < -0.3 is 10.1 Å². The molecule has 21 heavy (non-hydrogen) atoms. The summed E-state index contributed by atoms with van der Waals surface area (Å²) >= 11 is 0. The lowest BCUT2D eigenvalue weighted by Crippen LogP contribution is -2.42. The molecule has 1 amide bonds. The Bertz CT molecular complexity index is 711. The molecule has 2 aromatic rings. The zero-order valence-corrected chi connectivity index (χ0v) is 12.3. The van der Waals surface area contributed by atoms with E-state index in [2.05, 4.69) is 15.5 Å². The van der Waals surface area contributed by atoms with Crippen molar-refractivity contribution in [2.75, 3.05) is 0 Å². The van der Waals surface area contributed by atoms with Crippen molar-refractivity contribution in [3.05, 3.63) is 34.9 Å². The number of amides is 1. The predicted octanol–water partition coefficient (Wildman–Crippen LogP) is 0.853. The van der Waals surface area contributed by atoms with E-state index in [0.717, 1.165) is 0 Å². The molecule has 8 nitrogen and oxygen atoms in total. The fourth-order valence-electron chi connectivity index (χ4n) is 1.55. The molecule has 0 fully saturated rings. The SMILES string of the molecule is Cn1cc(-n2ccc(=O)c(OC(=O)NC(C)(C)C)n2)cn1. The van der Waals surface area contributed by atoms with Crippen molar-refractivity contribution in [1.29, 1.82) is 0 Å². The fraction of sp³-hybridized carbons (Fsp3) is 0.385. The van der Waals surface area contributed by atoms with Crippen LogP contribution in [0.5, 0.6) is 5.88 Å². The number of carbonyl (C=O) groups is 1. The van der Waals surface area contributed by atoms with Crippen molar-refractivity contribution in [2.24, 2.45) is 7.05 Å². The molecular formula is C13H17N5O3. The average molecular weight is 291 g/mol. The summed E-state index contributed by atoms with van der Waals surface area (Å²) in [5, 5.41) is 10.6. The molecule has 0 spiro atoms. The third-order valence-electron chi connectivity index (χ3n) is 2.40. The highest BCUT2D eigenvalue weighted by Crippen LogP contribution is 2.06. The van der Waals surface area contributed by atoms with Gasteiger partial charge in [-0.1, -0.05) is 0 Å². The van der Waals surface area contributed by atoms with E-state index in [1.807, 2.05) is 0 Å². The average Bonchev–Trinajstić information content (AvgIpc) is 2.76. The van der Waals surface area contributed by atoms with Gasteiger partial charge in [-0.2, -0.15) is 5.10 Å². The maximum Gasteiger partial charge on any atom is 0.414 e. The van der Waals surface area contributed by atoms with Crippen LogP contribution < -0.4 is 15.5 Å². The summed E-state index contributed by atoms with van der Waals surface area (Å²) < 4.78 is 7.98. The molecule has 0 unspecified atom stereocenters. The van der Waals surface area contributed by atoms with Crippen molar-refractivity contribution in [1.82, 2.24) is 24.9 Å². The van der Waals surface area contributed by atoms with E-state index in [-0.39, 0.29) is 5.88 Å². The second-order valence-corrected chi connectivity index (χ2v) is 5.57. The van der Waals surface area contributed by atoms with Crippen molar-refractivity contribution < 1.29 is 9.53 Å². The maximum absolute atomic E-state index is 11.7. The molecule has 0 aliphatic heterocycles. The first kappa shape index (κ1) is 14.8. The molecular weight excluding hydrogens is 274 g/mol. The number of carbonyl (C=O) groups excluding carboxylic acids is 1.